The van der Waals surface area contributed by atoms with Gasteiger partial charge < -0.3 is 10.3 Å². The molecular formula is C26H26N2O. The van der Waals surface area contributed by atoms with Gasteiger partial charge in [0.1, 0.15) is 0 Å². The number of fused-ring (bicyclic) bond motifs is 1. The molecule has 146 valence electrons. The second-order valence-corrected chi connectivity index (χ2v) is 7.81. The van der Waals surface area contributed by atoms with Gasteiger partial charge in [0.05, 0.1) is 0 Å². The molecule has 3 heteroatoms. The number of aromatic amines is 1. The largest absolute Gasteiger partial charge is 0.361 e. The van der Waals surface area contributed by atoms with Gasteiger partial charge in [0, 0.05) is 35.1 Å². The third-order valence-corrected chi connectivity index (χ3v) is 5.62. The fourth-order valence-corrected chi connectivity index (χ4v) is 3.89. The number of anilines is 1. The highest BCUT2D eigenvalue weighted by Crippen LogP contribution is 2.34. The lowest BCUT2D eigenvalue weighted by Gasteiger charge is -2.18. The minimum absolute atomic E-state index is 0.0161. The Kier molecular flexibility index (Phi) is 5.22. The number of para-hydroxylation sites is 1. The van der Waals surface area contributed by atoms with Crippen molar-refractivity contribution >= 4 is 22.5 Å². The Morgan fingerprint density at radius 1 is 0.931 bits per heavy atom. The van der Waals surface area contributed by atoms with Crippen molar-refractivity contribution in [1.82, 2.24) is 4.98 Å². The molecule has 1 atom stereocenters. The van der Waals surface area contributed by atoms with Crippen molar-refractivity contribution in [3.8, 4) is 0 Å². The Balaban J connectivity index is 1.67. The second kappa shape index (κ2) is 7.96. The number of carbonyl (C=O) groups is 1. The number of hydrogen-bond donors (Lipinski definition) is 2. The van der Waals surface area contributed by atoms with Crippen molar-refractivity contribution in [2.24, 2.45) is 0 Å². The molecule has 3 aromatic carbocycles. The van der Waals surface area contributed by atoms with Crippen LogP contribution in [0, 0.1) is 20.8 Å². The van der Waals surface area contributed by atoms with Crippen LogP contribution in [0.3, 0.4) is 0 Å². The van der Waals surface area contributed by atoms with E-state index in [9.17, 15) is 4.79 Å². The Labute approximate surface area is 171 Å². The Morgan fingerprint density at radius 2 is 1.76 bits per heavy atom. The van der Waals surface area contributed by atoms with Crippen molar-refractivity contribution in [2.75, 3.05) is 5.32 Å². The zero-order chi connectivity index (χ0) is 20.4. The molecule has 4 aromatic rings. The maximum Gasteiger partial charge on any atom is 0.225 e. The van der Waals surface area contributed by atoms with Gasteiger partial charge in [-0.3, -0.25) is 4.79 Å². The number of hydrogen-bond acceptors (Lipinski definition) is 1. The predicted octanol–water partition coefficient (Wildman–Crippen LogP) is 6.25. The van der Waals surface area contributed by atoms with E-state index in [1.54, 1.807) is 0 Å². The highest BCUT2D eigenvalue weighted by molar-refractivity contribution is 5.93. The van der Waals surface area contributed by atoms with E-state index in [1.165, 1.54) is 16.7 Å². The van der Waals surface area contributed by atoms with Crippen molar-refractivity contribution in [1.29, 1.82) is 0 Å². The smallest absolute Gasteiger partial charge is 0.225 e. The Hall–Kier alpha value is -3.33. The predicted molar refractivity (Wildman–Crippen MR) is 120 cm³/mol. The van der Waals surface area contributed by atoms with Gasteiger partial charge in [-0.1, -0.05) is 54.1 Å². The van der Waals surface area contributed by atoms with Crippen LogP contribution >= 0.6 is 0 Å². The molecule has 0 saturated carbocycles. The van der Waals surface area contributed by atoms with E-state index in [1.807, 2.05) is 36.5 Å². The first-order chi connectivity index (χ1) is 14.0. The molecule has 1 heterocycles. The summed E-state index contributed by atoms with van der Waals surface area (Å²) in [5.74, 6) is 0.00244. The van der Waals surface area contributed by atoms with E-state index in [4.69, 9.17) is 0 Å². The van der Waals surface area contributed by atoms with Crippen molar-refractivity contribution in [3.63, 3.8) is 0 Å². The second-order valence-electron chi connectivity index (χ2n) is 7.81. The van der Waals surface area contributed by atoms with Gasteiger partial charge in [0.25, 0.3) is 0 Å². The zero-order valence-corrected chi connectivity index (χ0v) is 17.1. The summed E-state index contributed by atoms with van der Waals surface area (Å²) in [6.45, 7) is 6.23. The van der Waals surface area contributed by atoms with Crippen LogP contribution in [0.1, 0.15) is 40.2 Å². The average Bonchev–Trinajstić information content (AvgIpc) is 3.13. The molecule has 1 amide bonds. The Morgan fingerprint density at radius 3 is 2.55 bits per heavy atom. The van der Waals surface area contributed by atoms with Crippen LogP contribution in [0.25, 0.3) is 10.9 Å². The molecule has 0 spiro atoms. The molecule has 1 unspecified atom stereocenters. The van der Waals surface area contributed by atoms with Crippen LogP contribution in [0.4, 0.5) is 5.69 Å². The lowest BCUT2D eigenvalue weighted by molar-refractivity contribution is -0.116. The summed E-state index contributed by atoms with van der Waals surface area (Å²) in [6.07, 6.45) is 2.43. The molecule has 0 radical (unpaired) electrons. The molecule has 4 rings (SSSR count). The molecule has 0 aliphatic carbocycles. The first kappa shape index (κ1) is 19.0. The number of amides is 1. The SMILES string of the molecule is Cc1cccc(C(CC(=O)Nc2ccc(C)c(C)c2)c2c[nH]c3ccccc23)c1. The first-order valence-electron chi connectivity index (χ1n) is 10.0. The fraction of sp³-hybridized carbons (Fsp3) is 0.192. The summed E-state index contributed by atoms with van der Waals surface area (Å²) in [5, 5.41) is 4.25. The highest BCUT2D eigenvalue weighted by Gasteiger charge is 2.21. The van der Waals surface area contributed by atoms with Crippen LogP contribution in [0.5, 0.6) is 0 Å². The molecule has 0 aliphatic heterocycles. The maximum atomic E-state index is 13.0. The highest BCUT2D eigenvalue weighted by atomic mass is 16.1. The molecule has 0 bridgehead atoms. The van der Waals surface area contributed by atoms with Gasteiger partial charge in [-0.25, -0.2) is 0 Å². The summed E-state index contributed by atoms with van der Waals surface area (Å²) in [5.41, 5.74) is 7.84. The lowest BCUT2D eigenvalue weighted by Crippen LogP contribution is -2.16. The number of carbonyl (C=O) groups excluding carboxylic acids is 1. The quantitative estimate of drug-likeness (QED) is 0.421. The van der Waals surface area contributed by atoms with E-state index in [0.717, 1.165) is 27.7 Å². The van der Waals surface area contributed by atoms with Gasteiger partial charge in [0.15, 0.2) is 0 Å². The maximum absolute atomic E-state index is 13.0. The van der Waals surface area contributed by atoms with Gasteiger partial charge >= 0.3 is 0 Å². The van der Waals surface area contributed by atoms with Crippen LogP contribution in [-0.4, -0.2) is 10.9 Å². The van der Waals surface area contributed by atoms with E-state index < -0.39 is 0 Å². The molecule has 1 aromatic heterocycles. The molecule has 29 heavy (non-hydrogen) atoms. The van der Waals surface area contributed by atoms with Crippen LogP contribution in [-0.2, 0) is 4.79 Å². The molecule has 0 aliphatic rings. The van der Waals surface area contributed by atoms with Gasteiger partial charge in [0.2, 0.25) is 5.91 Å². The summed E-state index contributed by atoms with van der Waals surface area (Å²) in [4.78, 5) is 16.3. The molecule has 0 fully saturated rings. The molecule has 0 saturated heterocycles. The van der Waals surface area contributed by atoms with Crippen LogP contribution in [0.2, 0.25) is 0 Å². The number of H-pyrrole nitrogens is 1. The molecule has 3 nitrogen and oxygen atoms in total. The zero-order valence-electron chi connectivity index (χ0n) is 17.1. The summed E-state index contributed by atoms with van der Waals surface area (Å²) in [6, 6.07) is 22.7. The van der Waals surface area contributed by atoms with E-state index in [2.05, 4.69) is 67.5 Å². The monoisotopic (exact) mass is 382 g/mol. The van der Waals surface area contributed by atoms with Crippen LogP contribution in [0.15, 0.2) is 72.9 Å². The van der Waals surface area contributed by atoms with E-state index >= 15 is 0 Å². The van der Waals surface area contributed by atoms with E-state index in [-0.39, 0.29) is 11.8 Å². The third kappa shape index (κ3) is 4.09. The van der Waals surface area contributed by atoms with Crippen molar-refractivity contribution in [2.45, 2.75) is 33.1 Å². The standard InChI is InChI=1S/C26H26N2O/c1-17-7-6-8-20(13-17)23(24-16-27-25-10-5-4-9-22(24)25)15-26(29)28-21-12-11-18(2)19(3)14-21/h4-14,16,23,27H,15H2,1-3H3,(H,28,29). The van der Waals surface area contributed by atoms with Crippen molar-refractivity contribution < 1.29 is 4.79 Å². The normalized spacial score (nSPS) is 12.1. The number of benzene rings is 3. The summed E-state index contributed by atoms with van der Waals surface area (Å²) in [7, 11) is 0. The van der Waals surface area contributed by atoms with Crippen molar-refractivity contribution in [3.05, 3.63) is 101 Å². The number of nitrogens with one attached hydrogen (secondary N) is 2. The summed E-state index contributed by atoms with van der Waals surface area (Å²) >= 11 is 0. The average molecular weight is 383 g/mol. The number of rotatable bonds is 5. The fourth-order valence-electron chi connectivity index (χ4n) is 3.89. The topological polar surface area (TPSA) is 44.9 Å². The number of aromatic nitrogens is 1. The van der Waals surface area contributed by atoms with Crippen LogP contribution < -0.4 is 5.32 Å². The molecular weight excluding hydrogens is 356 g/mol. The summed E-state index contributed by atoms with van der Waals surface area (Å²) < 4.78 is 0. The first-order valence-corrected chi connectivity index (χ1v) is 10.0. The molecule has 2 N–H and O–H groups in total. The minimum Gasteiger partial charge on any atom is -0.361 e. The van der Waals surface area contributed by atoms with Gasteiger partial charge in [-0.15, -0.1) is 0 Å². The third-order valence-electron chi connectivity index (χ3n) is 5.62. The minimum atomic E-state index is -0.0161. The van der Waals surface area contributed by atoms with Gasteiger partial charge in [-0.05, 0) is 61.2 Å². The number of aryl methyl sites for hydroxylation is 3. The van der Waals surface area contributed by atoms with Gasteiger partial charge in [-0.2, -0.15) is 0 Å². The Bertz CT molecular complexity index is 1170. The lowest BCUT2D eigenvalue weighted by atomic mass is 9.87. The van der Waals surface area contributed by atoms with E-state index in [0.29, 0.717) is 6.42 Å².